The summed E-state index contributed by atoms with van der Waals surface area (Å²) in [5.41, 5.74) is 2.49. The maximum absolute atomic E-state index is 12.9. The van der Waals surface area contributed by atoms with Crippen LogP contribution < -0.4 is 5.32 Å². The molecule has 2 atom stereocenters. The molecule has 0 aliphatic carbocycles. The Balaban J connectivity index is 1.82. The van der Waals surface area contributed by atoms with Crippen LogP contribution >= 0.6 is 15.9 Å². The van der Waals surface area contributed by atoms with Crippen LogP contribution in [0.2, 0.25) is 0 Å². The normalized spacial score (nSPS) is 13.9. The second-order valence-corrected chi connectivity index (χ2v) is 6.55. The first-order chi connectivity index (χ1) is 10.0. The molecular formula is C18H21BrFN. The van der Waals surface area contributed by atoms with E-state index in [0.717, 1.165) is 22.9 Å². The Morgan fingerprint density at radius 2 is 1.29 bits per heavy atom. The molecule has 0 amide bonds. The summed E-state index contributed by atoms with van der Waals surface area (Å²) in [6.07, 6.45) is 1.91. The van der Waals surface area contributed by atoms with E-state index in [0.29, 0.717) is 12.1 Å². The van der Waals surface area contributed by atoms with Gasteiger partial charge in [-0.1, -0.05) is 40.2 Å². The van der Waals surface area contributed by atoms with Gasteiger partial charge >= 0.3 is 0 Å². The molecular weight excluding hydrogens is 329 g/mol. The molecule has 3 heteroatoms. The van der Waals surface area contributed by atoms with Crippen molar-refractivity contribution in [3.05, 3.63) is 69.9 Å². The average Bonchev–Trinajstić information content (AvgIpc) is 2.44. The highest BCUT2D eigenvalue weighted by atomic mass is 79.9. The molecule has 2 aromatic rings. The van der Waals surface area contributed by atoms with Gasteiger partial charge in [0.1, 0.15) is 5.82 Å². The van der Waals surface area contributed by atoms with Crippen molar-refractivity contribution in [2.45, 2.75) is 38.8 Å². The molecule has 112 valence electrons. The van der Waals surface area contributed by atoms with Crippen LogP contribution in [0.25, 0.3) is 0 Å². The zero-order chi connectivity index (χ0) is 15.2. The molecule has 0 fully saturated rings. The predicted molar refractivity (Wildman–Crippen MR) is 90.0 cm³/mol. The van der Waals surface area contributed by atoms with Crippen LogP contribution in [0.4, 0.5) is 4.39 Å². The predicted octanol–water partition coefficient (Wildman–Crippen LogP) is 4.74. The monoisotopic (exact) mass is 349 g/mol. The van der Waals surface area contributed by atoms with Gasteiger partial charge in [-0.15, -0.1) is 0 Å². The highest BCUT2D eigenvalue weighted by molar-refractivity contribution is 9.10. The van der Waals surface area contributed by atoms with E-state index in [4.69, 9.17) is 0 Å². The minimum atomic E-state index is -0.178. The molecule has 2 unspecified atom stereocenters. The third-order valence-electron chi connectivity index (χ3n) is 3.48. The molecule has 0 heterocycles. The summed E-state index contributed by atoms with van der Waals surface area (Å²) in [7, 11) is 0. The van der Waals surface area contributed by atoms with E-state index in [2.05, 4.69) is 59.4 Å². The van der Waals surface area contributed by atoms with Gasteiger partial charge in [0, 0.05) is 16.6 Å². The fraction of sp³-hybridized carbons (Fsp3) is 0.333. The second kappa shape index (κ2) is 7.71. The molecule has 2 rings (SSSR count). The molecule has 0 saturated carbocycles. The summed E-state index contributed by atoms with van der Waals surface area (Å²) in [6, 6.07) is 16.0. The van der Waals surface area contributed by atoms with Gasteiger partial charge in [-0.2, -0.15) is 0 Å². The molecule has 21 heavy (non-hydrogen) atoms. The highest BCUT2D eigenvalue weighted by Crippen LogP contribution is 2.12. The maximum Gasteiger partial charge on any atom is 0.123 e. The third-order valence-corrected chi connectivity index (χ3v) is 4.01. The van der Waals surface area contributed by atoms with Gasteiger partial charge in [-0.05, 0) is 62.1 Å². The fourth-order valence-corrected chi connectivity index (χ4v) is 2.82. The number of nitrogens with one attached hydrogen (secondary N) is 1. The van der Waals surface area contributed by atoms with Gasteiger partial charge in [0.2, 0.25) is 0 Å². The molecule has 0 aromatic heterocycles. The summed E-state index contributed by atoms with van der Waals surface area (Å²) in [5, 5.41) is 3.60. The molecule has 0 spiro atoms. The largest absolute Gasteiger partial charge is 0.311 e. The topological polar surface area (TPSA) is 12.0 Å². The van der Waals surface area contributed by atoms with Crippen molar-refractivity contribution in [2.24, 2.45) is 0 Å². The SMILES string of the molecule is CC(Cc1ccc(F)cc1)NC(C)Cc1ccc(Br)cc1. The Labute approximate surface area is 134 Å². The first-order valence-corrected chi connectivity index (χ1v) is 8.07. The van der Waals surface area contributed by atoms with Crippen molar-refractivity contribution >= 4 is 15.9 Å². The maximum atomic E-state index is 12.9. The Bertz CT molecular complexity index is 499. The van der Waals surface area contributed by atoms with Crippen LogP contribution in [0.3, 0.4) is 0 Å². The van der Waals surface area contributed by atoms with Gasteiger partial charge < -0.3 is 5.32 Å². The first kappa shape index (κ1) is 16.2. The summed E-state index contributed by atoms with van der Waals surface area (Å²) < 4.78 is 14.0. The van der Waals surface area contributed by atoms with Crippen LogP contribution in [-0.4, -0.2) is 12.1 Å². The standard InChI is InChI=1S/C18H21BrFN/c1-13(11-15-3-7-17(19)8-4-15)21-14(2)12-16-5-9-18(20)10-6-16/h3-10,13-14,21H,11-12H2,1-2H3. The van der Waals surface area contributed by atoms with Crippen molar-refractivity contribution in [3.8, 4) is 0 Å². The smallest absolute Gasteiger partial charge is 0.123 e. The lowest BCUT2D eigenvalue weighted by molar-refractivity contribution is 0.462. The Morgan fingerprint density at radius 1 is 0.857 bits per heavy atom. The van der Waals surface area contributed by atoms with Crippen molar-refractivity contribution < 1.29 is 4.39 Å². The van der Waals surface area contributed by atoms with Crippen molar-refractivity contribution in [1.82, 2.24) is 5.32 Å². The van der Waals surface area contributed by atoms with Crippen molar-refractivity contribution in [3.63, 3.8) is 0 Å². The zero-order valence-corrected chi connectivity index (χ0v) is 14.0. The molecule has 0 saturated heterocycles. The second-order valence-electron chi connectivity index (χ2n) is 5.63. The number of rotatable bonds is 6. The summed E-state index contributed by atoms with van der Waals surface area (Å²) >= 11 is 3.45. The van der Waals surface area contributed by atoms with Gasteiger partial charge in [0.05, 0.1) is 0 Å². The average molecular weight is 350 g/mol. The van der Waals surface area contributed by atoms with E-state index in [9.17, 15) is 4.39 Å². The van der Waals surface area contributed by atoms with Gasteiger partial charge in [0.25, 0.3) is 0 Å². The lowest BCUT2D eigenvalue weighted by Gasteiger charge is -2.20. The Hall–Kier alpha value is -1.19. The molecule has 1 N–H and O–H groups in total. The van der Waals surface area contributed by atoms with E-state index < -0.39 is 0 Å². The molecule has 0 radical (unpaired) electrons. The summed E-state index contributed by atoms with van der Waals surface area (Å²) in [6.45, 7) is 4.37. The van der Waals surface area contributed by atoms with Crippen molar-refractivity contribution in [2.75, 3.05) is 0 Å². The number of hydrogen-bond acceptors (Lipinski definition) is 1. The lowest BCUT2D eigenvalue weighted by atomic mass is 10.0. The first-order valence-electron chi connectivity index (χ1n) is 7.28. The Morgan fingerprint density at radius 3 is 1.76 bits per heavy atom. The number of benzene rings is 2. The highest BCUT2D eigenvalue weighted by Gasteiger charge is 2.09. The van der Waals surface area contributed by atoms with Crippen LogP contribution in [0.1, 0.15) is 25.0 Å². The third kappa shape index (κ3) is 5.60. The van der Waals surface area contributed by atoms with Gasteiger partial charge in [-0.25, -0.2) is 4.39 Å². The minimum absolute atomic E-state index is 0.178. The van der Waals surface area contributed by atoms with Gasteiger partial charge in [-0.3, -0.25) is 0 Å². The quantitative estimate of drug-likeness (QED) is 0.794. The number of hydrogen-bond donors (Lipinski definition) is 1. The number of halogens is 2. The minimum Gasteiger partial charge on any atom is -0.311 e. The van der Waals surface area contributed by atoms with E-state index in [1.165, 1.54) is 17.7 Å². The van der Waals surface area contributed by atoms with E-state index >= 15 is 0 Å². The van der Waals surface area contributed by atoms with E-state index in [1.807, 2.05) is 12.1 Å². The van der Waals surface area contributed by atoms with Crippen LogP contribution in [-0.2, 0) is 12.8 Å². The molecule has 0 aliphatic rings. The van der Waals surface area contributed by atoms with Crippen LogP contribution in [0.15, 0.2) is 53.0 Å². The van der Waals surface area contributed by atoms with E-state index in [1.54, 1.807) is 0 Å². The van der Waals surface area contributed by atoms with Gasteiger partial charge in [0.15, 0.2) is 0 Å². The molecule has 1 nitrogen and oxygen atoms in total. The molecule has 0 bridgehead atoms. The zero-order valence-electron chi connectivity index (χ0n) is 12.4. The Kier molecular flexibility index (Phi) is 5.95. The van der Waals surface area contributed by atoms with Crippen LogP contribution in [0, 0.1) is 5.82 Å². The van der Waals surface area contributed by atoms with E-state index in [-0.39, 0.29) is 5.82 Å². The molecule has 2 aromatic carbocycles. The summed E-state index contributed by atoms with van der Waals surface area (Å²) in [4.78, 5) is 0. The fourth-order valence-electron chi connectivity index (χ4n) is 2.55. The van der Waals surface area contributed by atoms with Crippen molar-refractivity contribution in [1.29, 1.82) is 0 Å². The lowest BCUT2D eigenvalue weighted by Crippen LogP contribution is -2.37. The summed E-state index contributed by atoms with van der Waals surface area (Å²) in [5.74, 6) is -0.178. The molecule has 0 aliphatic heterocycles. The van der Waals surface area contributed by atoms with Crippen LogP contribution in [0.5, 0.6) is 0 Å².